The van der Waals surface area contributed by atoms with Crippen molar-refractivity contribution in [1.82, 2.24) is 9.80 Å². The molecule has 0 aromatic heterocycles. The van der Waals surface area contributed by atoms with Gasteiger partial charge in [0.2, 0.25) is 5.88 Å². The van der Waals surface area contributed by atoms with Gasteiger partial charge in [-0.05, 0) is 82.2 Å². The lowest BCUT2D eigenvalue weighted by Crippen LogP contribution is -2.46. The van der Waals surface area contributed by atoms with Gasteiger partial charge in [-0.3, -0.25) is 4.90 Å². The van der Waals surface area contributed by atoms with Gasteiger partial charge in [0.15, 0.2) is 12.0 Å². The minimum atomic E-state index is 0.666. The van der Waals surface area contributed by atoms with Crippen LogP contribution in [-0.4, -0.2) is 49.1 Å². The first-order valence-corrected chi connectivity index (χ1v) is 12.9. The standard InChI is InChI=1S/C24H25I2N3O3/c25-20-13-18(15-27)14-21(26)24(20)30-12-4-7-28-8-10-29(11-9-28)23-17-31-22(16-32-23)19-5-2-1-3-6-19/h1-2,5,13-14,16-17H,3-4,6-12H2. The summed E-state index contributed by atoms with van der Waals surface area (Å²) in [5, 5.41) is 9.07. The number of ether oxygens (including phenoxy) is 3. The fraction of sp³-hybridized carbons (Fsp3) is 0.375. The Bertz CT molecular complexity index is 979. The van der Waals surface area contributed by atoms with E-state index in [0.29, 0.717) is 12.2 Å². The third kappa shape index (κ3) is 5.99. The average Bonchev–Trinajstić information content (AvgIpc) is 2.84. The Kier molecular flexibility index (Phi) is 8.37. The smallest absolute Gasteiger partial charge is 0.231 e. The summed E-state index contributed by atoms with van der Waals surface area (Å²) < 4.78 is 19.7. The van der Waals surface area contributed by atoms with Gasteiger partial charge in [0.05, 0.1) is 25.4 Å². The van der Waals surface area contributed by atoms with Gasteiger partial charge in [0.25, 0.3) is 0 Å². The maximum atomic E-state index is 9.07. The second-order valence-electron chi connectivity index (χ2n) is 7.74. The first-order valence-electron chi connectivity index (χ1n) is 10.7. The van der Waals surface area contributed by atoms with Crippen molar-refractivity contribution in [3.8, 4) is 11.8 Å². The minimum Gasteiger partial charge on any atom is -0.491 e. The van der Waals surface area contributed by atoms with Crippen molar-refractivity contribution < 1.29 is 14.2 Å². The molecule has 2 aliphatic heterocycles. The van der Waals surface area contributed by atoms with Gasteiger partial charge >= 0.3 is 0 Å². The molecule has 0 unspecified atom stereocenters. The molecule has 168 valence electrons. The maximum Gasteiger partial charge on any atom is 0.231 e. The van der Waals surface area contributed by atoms with E-state index < -0.39 is 0 Å². The van der Waals surface area contributed by atoms with E-state index in [1.165, 1.54) is 5.57 Å². The van der Waals surface area contributed by atoms with Crippen molar-refractivity contribution in [3.63, 3.8) is 0 Å². The molecule has 1 aliphatic carbocycles. The van der Waals surface area contributed by atoms with Crippen LogP contribution in [0.4, 0.5) is 0 Å². The van der Waals surface area contributed by atoms with Crippen molar-refractivity contribution in [2.24, 2.45) is 0 Å². The summed E-state index contributed by atoms with van der Waals surface area (Å²) in [6.45, 7) is 5.46. The molecule has 0 atom stereocenters. The van der Waals surface area contributed by atoms with E-state index in [1.54, 1.807) is 12.5 Å². The molecule has 6 nitrogen and oxygen atoms in total. The van der Waals surface area contributed by atoms with E-state index >= 15 is 0 Å². The van der Waals surface area contributed by atoms with Gasteiger partial charge in [-0.2, -0.15) is 5.26 Å². The summed E-state index contributed by atoms with van der Waals surface area (Å²) in [5.41, 5.74) is 1.85. The lowest BCUT2D eigenvalue weighted by Gasteiger charge is -2.36. The zero-order valence-electron chi connectivity index (χ0n) is 17.7. The van der Waals surface area contributed by atoms with Crippen LogP contribution in [0.1, 0.15) is 24.8 Å². The van der Waals surface area contributed by atoms with Gasteiger partial charge in [-0.1, -0.05) is 18.2 Å². The Morgan fingerprint density at radius 3 is 2.47 bits per heavy atom. The molecular weight excluding hydrogens is 632 g/mol. The number of allylic oxidation sites excluding steroid dienone is 4. The largest absolute Gasteiger partial charge is 0.491 e. The van der Waals surface area contributed by atoms with Gasteiger partial charge in [-0.15, -0.1) is 0 Å². The van der Waals surface area contributed by atoms with E-state index in [2.05, 4.69) is 79.3 Å². The number of hydrogen-bond acceptors (Lipinski definition) is 6. The fourth-order valence-corrected chi connectivity index (χ4v) is 5.89. The SMILES string of the molecule is N#Cc1cc(I)c(OCCCN2CCN(C3=COC(C4=CC=CCC4)=CO3)CC2)c(I)c1. The van der Waals surface area contributed by atoms with Crippen LogP contribution in [0.15, 0.2) is 60.1 Å². The van der Waals surface area contributed by atoms with Gasteiger partial charge in [-0.25, -0.2) is 0 Å². The van der Waals surface area contributed by atoms with Crippen LogP contribution in [0.5, 0.6) is 5.75 Å². The summed E-state index contributed by atoms with van der Waals surface area (Å²) in [4.78, 5) is 4.69. The van der Waals surface area contributed by atoms with E-state index in [1.807, 2.05) is 12.1 Å². The molecule has 8 heteroatoms. The highest BCUT2D eigenvalue weighted by atomic mass is 127. The van der Waals surface area contributed by atoms with E-state index in [-0.39, 0.29) is 0 Å². The summed E-state index contributed by atoms with van der Waals surface area (Å²) in [6.07, 6.45) is 12.8. The zero-order chi connectivity index (χ0) is 22.3. The quantitative estimate of drug-likeness (QED) is 0.300. The molecule has 1 saturated heterocycles. The molecule has 0 radical (unpaired) electrons. The molecule has 3 aliphatic rings. The number of nitriles is 1. The van der Waals surface area contributed by atoms with Crippen LogP contribution in [0, 0.1) is 18.5 Å². The molecule has 0 amide bonds. The van der Waals surface area contributed by atoms with E-state index in [4.69, 9.17) is 19.5 Å². The molecular formula is C24H25I2N3O3. The van der Waals surface area contributed by atoms with Crippen LogP contribution in [0.2, 0.25) is 0 Å². The second kappa shape index (κ2) is 11.4. The Hall–Kier alpha value is -1.71. The number of halogens is 2. The number of nitrogens with zero attached hydrogens (tertiary/aromatic N) is 3. The highest BCUT2D eigenvalue weighted by Crippen LogP contribution is 2.29. The molecule has 2 heterocycles. The lowest BCUT2D eigenvalue weighted by atomic mass is 10.0. The molecule has 1 fully saturated rings. The van der Waals surface area contributed by atoms with Crippen molar-refractivity contribution in [2.75, 3.05) is 39.3 Å². The first kappa shape index (κ1) is 23.4. The third-order valence-corrected chi connectivity index (χ3v) is 7.18. The molecule has 4 rings (SSSR count). The highest BCUT2D eigenvalue weighted by Gasteiger charge is 2.22. The van der Waals surface area contributed by atoms with Crippen LogP contribution in [-0.2, 0) is 9.47 Å². The highest BCUT2D eigenvalue weighted by molar-refractivity contribution is 14.1. The van der Waals surface area contributed by atoms with Gasteiger partial charge < -0.3 is 19.1 Å². The van der Waals surface area contributed by atoms with Crippen molar-refractivity contribution in [3.05, 3.63) is 72.8 Å². The summed E-state index contributed by atoms with van der Waals surface area (Å²) >= 11 is 4.47. The Balaban J connectivity index is 1.17. The minimum absolute atomic E-state index is 0.666. The molecule has 0 saturated carbocycles. The molecule has 0 spiro atoms. The third-order valence-electron chi connectivity index (χ3n) is 5.58. The Morgan fingerprint density at radius 2 is 1.84 bits per heavy atom. The predicted molar refractivity (Wildman–Crippen MR) is 140 cm³/mol. The molecule has 1 aromatic rings. The first-order chi connectivity index (χ1) is 15.6. The summed E-state index contributed by atoms with van der Waals surface area (Å²) in [7, 11) is 0. The van der Waals surface area contributed by atoms with Crippen LogP contribution in [0.3, 0.4) is 0 Å². The maximum absolute atomic E-state index is 9.07. The van der Waals surface area contributed by atoms with Crippen LogP contribution in [0.25, 0.3) is 0 Å². The van der Waals surface area contributed by atoms with Crippen LogP contribution >= 0.6 is 45.2 Å². The fourth-order valence-electron chi connectivity index (χ4n) is 3.81. The molecule has 0 bridgehead atoms. The second-order valence-corrected chi connectivity index (χ2v) is 10.1. The van der Waals surface area contributed by atoms with Crippen molar-refractivity contribution in [2.45, 2.75) is 19.3 Å². The van der Waals surface area contributed by atoms with Gasteiger partial charge in [0, 0.05) is 32.7 Å². The topological polar surface area (TPSA) is 58.0 Å². The van der Waals surface area contributed by atoms with Crippen molar-refractivity contribution in [1.29, 1.82) is 5.26 Å². The molecule has 32 heavy (non-hydrogen) atoms. The summed E-state index contributed by atoms with van der Waals surface area (Å²) in [6, 6.07) is 5.92. The van der Waals surface area contributed by atoms with E-state index in [0.717, 1.165) is 76.5 Å². The number of piperazine rings is 1. The Labute approximate surface area is 216 Å². The number of rotatable bonds is 7. The van der Waals surface area contributed by atoms with E-state index in [9.17, 15) is 0 Å². The number of hydrogen-bond donors (Lipinski definition) is 0. The van der Waals surface area contributed by atoms with Gasteiger partial charge in [0.1, 0.15) is 12.0 Å². The monoisotopic (exact) mass is 657 g/mol. The lowest BCUT2D eigenvalue weighted by molar-refractivity contribution is 0.0823. The van der Waals surface area contributed by atoms with Crippen LogP contribution < -0.4 is 4.74 Å². The van der Waals surface area contributed by atoms with Crippen molar-refractivity contribution >= 4 is 45.2 Å². The number of benzene rings is 1. The molecule has 1 aromatic carbocycles. The Morgan fingerprint density at radius 1 is 1.06 bits per heavy atom. The normalized spacial score (nSPS) is 18.7. The molecule has 0 N–H and O–H groups in total. The average molecular weight is 657 g/mol. The zero-order valence-corrected chi connectivity index (χ0v) is 22.0. The predicted octanol–water partition coefficient (Wildman–Crippen LogP) is 5.12. The summed E-state index contributed by atoms with van der Waals surface area (Å²) in [5.74, 6) is 2.47.